The second-order valence-corrected chi connectivity index (χ2v) is 10.2. The fraction of sp³-hybridized carbons (Fsp3) is 0.263. The standard InChI is InChI=1S/C19H20N4O5S3/c1-3-8-23-14-6-5-13(28-4-2)10-15(14)30-19(23)22-17(25)12-31(26,27)11-16(24)21-18-20-7-9-29-18/h3,5-7,9-10H,1,4,8,11-12H2,2H3,(H,20,21,24). The summed E-state index contributed by atoms with van der Waals surface area (Å²) in [6, 6.07) is 5.51. The van der Waals surface area contributed by atoms with Gasteiger partial charge in [-0.05, 0) is 25.1 Å². The van der Waals surface area contributed by atoms with E-state index >= 15 is 0 Å². The Morgan fingerprint density at radius 3 is 2.84 bits per heavy atom. The van der Waals surface area contributed by atoms with Crippen LogP contribution < -0.4 is 14.9 Å². The van der Waals surface area contributed by atoms with Crippen LogP contribution >= 0.6 is 22.7 Å². The van der Waals surface area contributed by atoms with Gasteiger partial charge in [0.25, 0.3) is 5.91 Å². The first kappa shape index (κ1) is 22.8. The highest BCUT2D eigenvalue weighted by Gasteiger charge is 2.21. The Labute approximate surface area is 186 Å². The maximum atomic E-state index is 12.4. The van der Waals surface area contributed by atoms with Gasteiger partial charge in [-0.3, -0.25) is 9.59 Å². The average Bonchev–Trinajstić information content (AvgIpc) is 3.29. The first-order valence-corrected chi connectivity index (χ1v) is 12.7. The Balaban J connectivity index is 1.81. The molecule has 0 saturated carbocycles. The Morgan fingerprint density at radius 2 is 2.16 bits per heavy atom. The lowest BCUT2D eigenvalue weighted by Gasteiger charge is -2.04. The van der Waals surface area contributed by atoms with E-state index in [0.29, 0.717) is 28.8 Å². The molecule has 164 valence electrons. The third kappa shape index (κ3) is 6.09. The van der Waals surface area contributed by atoms with Crippen molar-refractivity contribution < 1.29 is 22.7 Å². The molecule has 12 heteroatoms. The van der Waals surface area contributed by atoms with Crippen LogP contribution in [0, 0.1) is 0 Å². The van der Waals surface area contributed by atoms with Crippen LogP contribution in [0.15, 0.2) is 47.4 Å². The molecule has 0 aliphatic heterocycles. The highest BCUT2D eigenvalue weighted by Crippen LogP contribution is 2.23. The van der Waals surface area contributed by atoms with Crippen LogP contribution in [-0.4, -0.2) is 47.9 Å². The summed E-state index contributed by atoms with van der Waals surface area (Å²) in [6.45, 7) is 6.52. The number of aromatic nitrogens is 2. The highest BCUT2D eigenvalue weighted by atomic mass is 32.2. The number of anilines is 1. The highest BCUT2D eigenvalue weighted by molar-refractivity contribution is 7.92. The molecular weight excluding hydrogens is 460 g/mol. The number of nitrogens with zero attached hydrogens (tertiary/aromatic N) is 3. The van der Waals surface area contributed by atoms with Gasteiger partial charge in [-0.15, -0.1) is 17.9 Å². The molecule has 0 unspecified atom stereocenters. The molecule has 0 saturated heterocycles. The third-order valence-corrected chi connectivity index (χ3v) is 6.99. The SMILES string of the molecule is C=CCn1c(=NC(=O)CS(=O)(=O)CC(=O)Nc2nccs2)sc2cc(OCC)ccc21. The van der Waals surface area contributed by atoms with Crippen molar-refractivity contribution in [1.82, 2.24) is 9.55 Å². The van der Waals surface area contributed by atoms with Crippen LogP contribution in [0.5, 0.6) is 5.75 Å². The zero-order chi connectivity index (χ0) is 22.4. The van der Waals surface area contributed by atoms with Gasteiger partial charge in [-0.2, -0.15) is 4.99 Å². The van der Waals surface area contributed by atoms with Gasteiger partial charge >= 0.3 is 0 Å². The topological polar surface area (TPSA) is 120 Å². The zero-order valence-corrected chi connectivity index (χ0v) is 19.1. The molecule has 3 aromatic rings. The first-order chi connectivity index (χ1) is 14.8. The number of hydrogen-bond acceptors (Lipinski definition) is 8. The van der Waals surface area contributed by atoms with Crippen molar-refractivity contribution in [1.29, 1.82) is 0 Å². The van der Waals surface area contributed by atoms with E-state index in [-0.39, 0.29) is 0 Å². The third-order valence-electron chi connectivity index (χ3n) is 3.87. The zero-order valence-electron chi connectivity index (χ0n) is 16.6. The van der Waals surface area contributed by atoms with E-state index in [0.717, 1.165) is 21.6 Å². The Bertz CT molecular complexity index is 1270. The number of carbonyl (C=O) groups is 2. The first-order valence-electron chi connectivity index (χ1n) is 9.15. The van der Waals surface area contributed by atoms with Crippen LogP contribution in [0.4, 0.5) is 5.13 Å². The van der Waals surface area contributed by atoms with Crippen molar-refractivity contribution in [3.05, 3.63) is 47.2 Å². The van der Waals surface area contributed by atoms with Gasteiger partial charge < -0.3 is 14.6 Å². The molecule has 0 fully saturated rings. The predicted molar refractivity (Wildman–Crippen MR) is 121 cm³/mol. The molecular formula is C19H20N4O5S3. The van der Waals surface area contributed by atoms with E-state index in [2.05, 4.69) is 21.9 Å². The minimum atomic E-state index is -4.00. The van der Waals surface area contributed by atoms with Crippen molar-refractivity contribution in [2.45, 2.75) is 13.5 Å². The van der Waals surface area contributed by atoms with E-state index < -0.39 is 33.2 Å². The summed E-state index contributed by atoms with van der Waals surface area (Å²) in [4.78, 5) is 32.5. The van der Waals surface area contributed by atoms with Gasteiger partial charge in [0.05, 0.1) is 16.8 Å². The Kier molecular flexibility index (Phi) is 7.36. The minimum Gasteiger partial charge on any atom is -0.494 e. The number of amides is 2. The van der Waals surface area contributed by atoms with Crippen molar-refractivity contribution >= 4 is 59.7 Å². The molecule has 2 heterocycles. The molecule has 0 atom stereocenters. The lowest BCUT2D eigenvalue weighted by Crippen LogP contribution is -2.28. The van der Waals surface area contributed by atoms with Crippen LogP contribution in [-0.2, 0) is 26.0 Å². The average molecular weight is 481 g/mol. The normalized spacial score (nSPS) is 12.1. The van der Waals surface area contributed by atoms with Crippen molar-refractivity contribution in [2.24, 2.45) is 4.99 Å². The van der Waals surface area contributed by atoms with Gasteiger partial charge in [0, 0.05) is 18.1 Å². The number of thiazole rings is 2. The quantitative estimate of drug-likeness (QED) is 0.469. The maximum Gasteiger partial charge on any atom is 0.263 e. The monoisotopic (exact) mass is 480 g/mol. The number of nitrogens with one attached hydrogen (secondary N) is 1. The van der Waals surface area contributed by atoms with Crippen molar-refractivity contribution in [2.75, 3.05) is 23.4 Å². The van der Waals surface area contributed by atoms with Gasteiger partial charge in [0.2, 0.25) is 5.91 Å². The summed E-state index contributed by atoms with van der Waals surface area (Å²) >= 11 is 2.40. The predicted octanol–water partition coefficient (Wildman–Crippen LogP) is 2.22. The van der Waals surface area contributed by atoms with Crippen LogP contribution in [0.25, 0.3) is 10.2 Å². The molecule has 2 amide bonds. The van der Waals surface area contributed by atoms with E-state index in [1.54, 1.807) is 16.0 Å². The summed E-state index contributed by atoms with van der Waals surface area (Å²) in [5.41, 5.74) is 0.825. The van der Waals surface area contributed by atoms with E-state index in [9.17, 15) is 18.0 Å². The minimum absolute atomic E-state index is 0.290. The van der Waals surface area contributed by atoms with Crippen LogP contribution in [0.2, 0.25) is 0 Å². The Hall–Kier alpha value is -2.83. The summed E-state index contributed by atoms with van der Waals surface area (Å²) in [7, 11) is -4.00. The molecule has 0 aliphatic rings. The number of carbonyl (C=O) groups excluding carboxylic acids is 2. The summed E-state index contributed by atoms with van der Waals surface area (Å²) in [5, 5.41) is 4.32. The lowest BCUT2D eigenvalue weighted by atomic mass is 10.3. The van der Waals surface area contributed by atoms with Crippen LogP contribution in [0.1, 0.15) is 6.92 Å². The molecule has 9 nitrogen and oxygen atoms in total. The van der Waals surface area contributed by atoms with Gasteiger partial charge in [0.1, 0.15) is 17.3 Å². The summed E-state index contributed by atoms with van der Waals surface area (Å²) in [5.74, 6) is -2.62. The molecule has 0 spiro atoms. The smallest absolute Gasteiger partial charge is 0.263 e. The maximum absolute atomic E-state index is 12.4. The molecule has 1 N–H and O–H groups in total. The fourth-order valence-electron chi connectivity index (χ4n) is 2.72. The molecule has 0 aliphatic carbocycles. The number of rotatable bonds is 9. The number of allylic oxidation sites excluding steroid dienone is 1. The lowest BCUT2D eigenvalue weighted by molar-refractivity contribution is -0.115. The van der Waals surface area contributed by atoms with Gasteiger partial charge in [0.15, 0.2) is 19.8 Å². The largest absolute Gasteiger partial charge is 0.494 e. The molecule has 0 radical (unpaired) electrons. The number of hydrogen-bond donors (Lipinski definition) is 1. The van der Waals surface area contributed by atoms with Crippen molar-refractivity contribution in [3.8, 4) is 5.75 Å². The number of sulfone groups is 1. The number of benzene rings is 1. The number of ether oxygens (including phenoxy) is 1. The molecule has 0 bridgehead atoms. The molecule has 31 heavy (non-hydrogen) atoms. The second-order valence-electron chi connectivity index (χ2n) is 6.27. The number of fused-ring (bicyclic) bond motifs is 1. The van der Waals surface area contributed by atoms with Gasteiger partial charge in [-0.25, -0.2) is 13.4 Å². The Morgan fingerprint density at radius 1 is 1.35 bits per heavy atom. The van der Waals surface area contributed by atoms with E-state index in [4.69, 9.17) is 4.74 Å². The molecule has 1 aromatic carbocycles. The van der Waals surface area contributed by atoms with E-state index in [1.807, 2.05) is 25.1 Å². The van der Waals surface area contributed by atoms with Crippen molar-refractivity contribution in [3.63, 3.8) is 0 Å². The second kappa shape index (κ2) is 9.98. The summed E-state index contributed by atoms with van der Waals surface area (Å²) < 4.78 is 32.7. The van der Waals surface area contributed by atoms with Crippen LogP contribution in [0.3, 0.4) is 0 Å². The molecule has 2 aromatic heterocycles. The van der Waals surface area contributed by atoms with Gasteiger partial charge in [-0.1, -0.05) is 17.4 Å². The summed E-state index contributed by atoms with van der Waals surface area (Å²) in [6.07, 6.45) is 3.14. The van der Waals surface area contributed by atoms with E-state index in [1.165, 1.54) is 17.5 Å². The molecule has 3 rings (SSSR count). The fourth-order valence-corrected chi connectivity index (χ4v) is 5.36.